The van der Waals surface area contributed by atoms with Crippen LogP contribution in [0.4, 0.5) is 0 Å². The molecule has 0 spiro atoms. The van der Waals surface area contributed by atoms with Gasteiger partial charge in [-0.3, -0.25) is 4.99 Å². The van der Waals surface area contributed by atoms with Crippen molar-refractivity contribution >= 4 is 17.4 Å². The maximum Gasteiger partial charge on any atom is 0.131 e. The van der Waals surface area contributed by atoms with Crippen molar-refractivity contribution in [2.75, 3.05) is 0 Å². The fraction of sp³-hybridized carbons (Fsp3) is 0.556. The molecular weight excluding hydrogens is 200 g/mol. The van der Waals surface area contributed by atoms with Crippen LogP contribution in [0.15, 0.2) is 11.2 Å². The van der Waals surface area contributed by atoms with Crippen LogP contribution in [0.1, 0.15) is 18.7 Å². The van der Waals surface area contributed by atoms with E-state index in [1.165, 1.54) is 12.8 Å². The molecule has 0 unspecified atom stereocenters. The quantitative estimate of drug-likeness (QED) is 0.607. The lowest BCUT2D eigenvalue weighted by Gasteiger charge is -2.00. The van der Waals surface area contributed by atoms with Crippen molar-refractivity contribution in [3.05, 3.63) is 17.2 Å². The summed E-state index contributed by atoms with van der Waals surface area (Å²) in [6.45, 7) is 0.519. The van der Waals surface area contributed by atoms with Crippen LogP contribution in [0, 0.1) is 5.92 Å². The van der Waals surface area contributed by atoms with E-state index in [0.29, 0.717) is 17.6 Å². The van der Waals surface area contributed by atoms with E-state index in [-0.39, 0.29) is 0 Å². The molecule has 76 valence electrons. The van der Waals surface area contributed by atoms with Gasteiger partial charge in [-0.15, -0.1) is 0 Å². The number of imidazole rings is 1. The Bertz CT molecular complexity index is 365. The minimum Gasteiger partial charge on any atom is -0.387 e. The van der Waals surface area contributed by atoms with Crippen molar-refractivity contribution in [1.29, 1.82) is 0 Å². The van der Waals surface area contributed by atoms with Crippen LogP contribution in [0.25, 0.3) is 0 Å². The van der Waals surface area contributed by atoms with E-state index in [2.05, 4.69) is 9.98 Å². The second-order valence-corrected chi connectivity index (χ2v) is 3.96. The zero-order valence-electron chi connectivity index (χ0n) is 8.07. The van der Waals surface area contributed by atoms with Crippen LogP contribution in [0.2, 0.25) is 5.15 Å². The Hall–Kier alpha value is -1.03. The van der Waals surface area contributed by atoms with Crippen molar-refractivity contribution in [2.45, 2.75) is 19.4 Å². The van der Waals surface area contributed by atoms with Crippen molar-refractivity contribution < 1.29 is 0 Å². The number of aliphatic imine (C=N–C) groups is 1. The van der Waals surface area contributed by atoms with E-state index in [1.54, 1.807) is 6.20 Å². The monoisotopic (exact) mass is 212 g/mol. The molecule has 4 nitrogen and oxygen atoms in total. The molecule has 1 heterocycles. The maximum absolute atomic E-state index is 5.84. The lowest BCUT2D eigenvalue weighted by molar-refractivity contribution is 0.791. The Morgan fingerprint density at radius 1 is 1.79 bits per heavy atom. The zero-order chi connectivity index (χ0) is 10.1. The van der Waals surface area contributed by atoms with E-state index in [1.807, 2.05) is 11.6 Å². The Morgan fingerprint density at radius 2 is 2.50 bits per heavy atom. The zero-order valence-corrected chi connectivity index (χ0v) is 8.83. The van der Waals surface area contributed by atoms with Gasteiger partial charge in [-0.05, 0) is 12.8 Å². The molecule has 0 saturated heterocycles. The number of amidine groups is 1. The van der Waals surface area contributed by atoms with Gasteiger partial charge in [0.1, 0.15) is 11.0 Å². The number of rotatable bonds is 3. The summed E-state index contributed by atoms with van der Waals surface area (Å²) in [6, 6.07) is 0. The van der Waals surface area contributed by atoms with Crippen molar-refractivity contribution in [2.24, 2.45) is 23.7 Å². The topological polar surface area (TPSA) is 56.2 Å². The molecule has 1 aromatic heterocycles. The molecular formula is C9H13ClN4. The highest BCUT2D eigenvalue weighted by molar-refractivity contribution is 6.29. The van der Waals surface area contributed by atoms with E-state index in [0.717, 1.165) is 11.7 Å². The normalized spacial score (nSPS) is 17.4. The van der Waals surface area contributed by atoms with Crippen LogP contribution in [-0.4, -0.2) is 15.4 Å². The highest BCUT2D eigenvalue weighted by Gasteiger charge is 2.25. The van der Waals surface area contributed by atoms with Crippen molar-refractivity contribution in [3.8, 4) is 0 Å². The number of hydrogen-bond donors (Lipinski definition) is 1. The third-order valence-electron chi connectivity index (χ3n) is 2.43. The molecule has 5 heteroatoms. The minimum atomic E-state index is 0.519. The first-order valence-corrected chi connectivity index (χ1v) is 5.02. The largest absolute Gasteiger partial charge is 0.387 e. The molecule has 0 radical (unpaired) electrons. The van der Waals surface area contributed by atoms with Crippen LogP contribution < -0.4 is 5.73 Å². The molecule has 0 aromatic carbocycles. The van der Waals surface area contributed by atoms with Gasteiger partial charge >= 0.3 is 0 Å². The summed E-state index contributed by atoms with van der Waals surface area (Å²) in [5.41, 5.74) is 5.76. The van der Waals surface area contributed by atoms with Gasteiger partial charge in [0, 0.05) is 13.0 Å². The maximum atomic E-state index is 5.84. The standard InChI is InChI=1S/C9H13ClN4/c1-14-7(10)4-12-8(14)5-13-9(11)6-2-3-6/h4,6H,2-3,5H2,1H3,(H2,11,13). The molecule has 1 saturated carbocycles. The second kappa shape index (κ2) is 3.61. The fourth-order valence-corrected chi connectivity index (χ4v) is 1.39. The third kappa shape index (κ3) is 1.90. The van der Waals surface area contributed by atoms with Crippen LogP contribution in [-0.2, 0) is 13.6 Å². The second-order valence-electron chi connectivity index (χ2n) is 3.57. The predicted octanol–water partition coefficient (Wildman–Crippen LogP) is 1.34. The SMILES string of the molecule is Cn1c(Cl)cnc1CN=C(N)C1CC1. The summed E-state index contributed by atoms with van der Waals surface area (Å²) in [5.74, 6) is 2.12. The predicted molar refractivity (Wildman–Crippen MR) is 56.3 cm³/mol. The molecule has 14 heavy (non-hydrogen) atoms. The van der Waals surface area contributed by atoms with E-state index >= 15 is 0 Å². The first-order valence-electron chi connectivity index (χ1n) is 4.64. The van der Waals surface area contributed by atoms with Gasteiger partial charge in [0.25, 0.3) is 0 Å². The average Bonchev–Trinajstić information content (AvgIpc) is 2.95. The Balaban J connectivity index is 2.03. The first kappa shape index (κ1) is 9.52. The van der Waals surface area contributed by atoms with E-state index < -0.39 is 0 Å². The molecule has 1 aliphatic carbocycles. The smallest absolute Gasteiger partial charge is 0.131 e. The molecule has 2 rings (SSSR count). The number of halogens is 1. The number of hydrogen-bond acceptors (Lipinski definition) is 2. The molecule has 1 aromatic rings. The van der Waals surface area contributed by atoms with Gasteiger partial charge in [0.05, 0.1) is 18.6 Å². The number of nitrogens with zero attached hydrogens (tertiary/aromatic N) is 3. The minimum absolute atomic E-state index is 0.519. The van der Waals surface area contributed by atoms with Crippen LogP contribution in [0.5, 0.6) is 0 Å². The van der Waals surface area contributed by atoms with Crippen molar-refractivity contribution in [3.63, 3.8) is 0 Å². The summed E-state index contributed by atoms with van der Waals surface area (Å²) in [4.78, 5) is 8.42. The van der Waals surface area contributed by atoms with Gasteiger partial charge in [-0.1, -0.05) is 11.6 Å². The lowest BCUT2D eigenvalue weighted by atomic mass is 10.4. The van der Waals surface area contributed by atoms with Gasteiger partial charge in [-0.25, -0.2) is 4.98 Å². The molecule has 1 fully saturated rings. The van der Waals surface area contributed by atoms with E-state index in [9.17, 15) is 0 Å². The number of aromatic nitrogens is 2. The first-order chi connectivity index (χ1) is 6.68. The summed E-state index contributed by atoms with van der Waals surface area (Å²) in [6.07, 6.45) is 3.98. The molecule has 2 N–H and O–H groups in total. The Morgan fingerprint density at radius 3 is 3.00 bits per heavy atom. The molecule has 1 aliphatic rings. The van der Waals surface area contributed by atoms with Gasteiger partial charge in [0.2, 0.25) is 0 Å². The molecule has 0 bridgehead atoms. The average molecular weight is 213 g/mol. The molecule has 0 amide bonds. The summed E-state index contributed by atoms with van der Waals surface area (Å²) in [7, 11) is 1.87. The van der Waals surface area contributed by atoms with Crippen LogP contribution in [0.3, 0.4) is 0 Å². The summed E-state index contributed by atoms with van der Waals surface area (Å²) in [5, 5.41) is 0.625. The highest BCUT2D eigenvalue weighted by Crippen LogP contribution is 2.28. The highest BCUT2D eigenvalue weighted by atomic mass is 35.5. The Kier molecular flexibility index (Phi) is 2.46. The van der Waals surface area contributed by atoms with E-state index in [4.69, 9.17) is 17.3 Å². The molecule has 0 aliphatic heterocycles. The fourth-order valence-electron chi connectivity index (χ4n) is 1.24. The Labute approximate surface area is 87.8 Å². The van der Waals surface area contributed by atoms with Crippen LogP contribution >= 0.6 is 11.6 Å². The lowest BCUT2D eigenvalue weighted by Crippen LogP contribution is -2.14. The summed E-state index contributed by atoms with van der Waals surface area (Å²) >= 11 is 5.84. The van der Waals surface area contributed by atoms with Gasteiger partial charge < -0.3 is 10.3 Å². The molecule has 0 atom stereocenters. The number of nitrogens with two attached hydrogens (primary N) is 1. The van der Waals surface area contributed by atoms with Gasteiger partial charge in [0.15, 0.2) is 0 Å². The van der Waals surface area contributed by atoms with Gasteiger partial charge in [-0.2, -0.15) is 0 Å². The summed E-state index contributed by atoms with van der Waals surface area (Å²) < 4.78 is 1.81. The van der Waals surface area contributed by atoms with Crippen molar-refractivity contribution in [1.82, 2.24) is 9.55 Å². The third-order valence-corrected chi connectivity index (χ3v) is 2.78.